The molecule has 4 heteroatoms. The van der Waals surface area contributed by atoms with Gasteiger partial charge in [0.15, 0.2) is 0 Å². The van der Waals surface area contributed by atoms with E-state index in [2.05, 4.69) is 12.1 Å². The summed E-state index contributed by atoms with van der Waals surface area (Å²) in [5.74, 6) is 0. The van der Waals surface area contributed by atoms with Crippen molar-refractivity contribution in [1.82, 2.24) is 4.90 Å². The van der Waals surface area contributed by atoms with Gasteiger partial charge in [-0.1, -0.05) is 30.3 Å². The molecule has 0 unspecified atom stereocenters. The van der Waals surface area contributed by atoms with Crippen LogP contribution in [0.15, 0.2) is 30.3 Å². The Morgan fingerprint density at radius 3 is 2.55 bits per heavy atom. The van der Waals surface area contributed by atoms with Crippen LogP contribution in [-0.2, 0) is 15.9 Å². The third kappa shape index (κ3) is 4.23. The molecule has 1 aromatic carbocycles. The van der Waals surface area contributed by atoms with Crippen LogP contribution >= 0.6 is 0 Å². The summed E-state index contributed by atoms with van der Waals surface area (Å²) in [6.45, 7) is 10.0. The van der Waals surface area contributed by atoms with E-state index in [9.17, 15) is 4.79 Å². The van der Waals surface area contributed by atoms with E-state index in [1.165, 1.54) is 5.56 Å². The number of aryl methyl sites for hydroxylation is 1. The molecule has 0 aromatic heterocycles. The van der Waals surface area contributed by atoms with Gasteiger partial charge in [-0.3, -0.25) is 4.90 Å². The average Bonchev–Trinajstić information content (AvgIpc) is 2.71. The number of carbonyl (C=O) groups is 1. The van der Waals surface area contributed by atoms with Gasteiger partial charge < -0.3 is 9.47 Å². The number of carbonyl (C=O) groups excluding carboxylic acids is 1. The molecule has 0 radical (unpaired) electrons. The molecule has 122 valence electrons. The number of nitrogens with zero attached hydrogens (tertiary/aromatic N) is 1. The van der Waals surface area contributed by atoms with E-state index in [-0.39, 0.29) is 12.1 Å². The Morgan fingerprint density at radius 2 is 1.95 bits per heavy atom. The van der Waals surface area contributed by atoms with Crippen molar-refractivity contribution in [2.45, 2.75) is 64.8 Å². The quantitative estimate of drug-likeness (QED) is 0.847. The summed E-state index contributed by atoms with van der Waals surface area (Å²) in [5.41, 5.74) is 0.153. The molecule has 1 aromatic rings. The van der Waals surface area contributed by atoms with Crippen molar-refractivity contribution in [2.75, 3.05) is 6.61 Å². The Kier molecular flexibility index (Phi) is 4.81. The Balaban J connectivity index is 2.04. The number of hydrogen-bond donors (Lipinski definition) is 0. The highest BCUT2D eigenvalue weighted by atomic mass is 16.6. The fourth-order valence-electron chi connectivity index (χ4n) is 2.75. The van der Waals surface area contributed by atoms with Crippen LogP contribution in [0.25, 0.3) is 0 Å². The number of benzene rings is 1. The van der Waals surface area contributed by atoms with Gasteiger partial charge in [0, 0.05) is 0 Å². The summed E-state index contributed by atoms with van der Waals surface area (Å²) in [5, 5.41) is 0. The van der Waals surface area contributed by atoms with E-state index >= 15 is 0 Å². The number of ether oxygens (including phenoxy) is 2. The van der Waals surface area contributed by atoms with Crippen molar-refractivity contribution < 1.29 is 14.3 Å². The molecule has 22 heavy (non-hydrogen) atoms. The van der Waals surface area contributed by atoms with Gasteiger partial charge in [0.05, 0.1) is 12.6 Å². The monoisotopic (exact) mass is 305 g/mol. The van der Waals surface area contributed by atoms with Gasteiger partial charge in [0.25, 0.3) is 0 Å². The predicted octanol–water partition coefficient (Wildman–Crippen LogP) is 3.99. The van der Waals surface area contributed by atoms with Crippen molar-refractivity contribution in [3.63, 3.8) is 0 Å². The third-order valence-corrected chi connectivity index (χ3v) is 3.77. The van der Waals surface area contributed by atoms with Gasteiger partial charge in [-0.05, 0) is 53.0 Å². The van der Waals surface area contributed by atoms with E-state index in [0.29, 0.717) is 6.61 Å². The molecule has 1 heterocycles. The maximum absolute atomic E-state index is 12.5. The summed E-state index contributed by atoms with van der Waals surface area (Å²) in [7, 11) is 0. The zero-order valence-electron chi connectivity index (χ0n) is 14.3. The molecule has 1 fully saturated rings. The van der Waals surface area contributed by atoms with Gasteiger partial charge in [-0.15, -0.1) is 0 Å². The van der Waals surface area contributed by atoms with Crippen LogP contribution in [0.2, 0.25) is 0 Å². The number of rotatable bonds is 3. The first kappa shape index (κ1) is 16.8. The maximum atomic E-state index is 12.5. The van der Waals surface area contributed by atoms with Crippen LogP contribution in [0, 0.1) is 0 Å². The highest BCUT2D eigenvalue weighted by molar-refractivity contribution is 5.69. The number of hydrogen-bond acceptors (Lipinski definition) is 3. The Hall–Kier alpha value is -1.55. The van der Waals surface area contributed by atoms with E-state index < -0.39 is 11.3 Å². The minimum absolute atomic E-state index is 0.0463. The molecular weight excluding hydrogens is 278 g/mol. The van der Waals surface area contributed by atoms with Crippen molar-refractivity contribution in [2.24, 2.45) is 0 Å². The SMILES string of the molecule is CC(C)(C)OC(=O)N1[C@@H](CCc2ccccc2)COC1(C)C. The van der Waals surface area contributed by atoms with Crippen LogP contribution in [0.5, 0.6) is 0 Å². The largest absolute Gasteiger partial charge is 0.444 e. The highest BCUT2D eigenvalue weighted by Gasteiger charge is 2.45. The predicted molar refractivity (Wildman–Crippen MR) is 86.7 cm³/mol. The molecule has 2 rings (SSSR count). The molecule has 1 aliphatic heterocycles. The lowest BCUT2D eigenvalue weighted by atomic mass is 10.0. The first-order valence-corrected chi connectivity index (χ1v) is 7.89. The van der Waals surface area contributed by atoms with E-state index in [1.807, 2.05) is 52.8 Å². The summed E-state index contributed by atoms with van der Waals surface area (Å²) in [6, 6.07) is 10.4. The van der Waals surface area contributed by atoms with E-state index in [0.717, 1.165) is 12.8 Å². The maximum Gasteiger partial charge on any atom is 0.412 e. The first-order valence-electron chi connectivity index (χ1n) is 7.89. The molecule has 1 atom stereocenters. The minimum Gasteiger partial charge on any atom is -0.444 e. The topological polar surface area (TPSA) is 38.8 Å². The second-order valence-electron chi connectivity index (χ2n) is 7.29. The molecule has 1 amide bonds. The van der Waals surface area contributed by atoms with Gasteiger partial charge in [-0.2, -0.15) is 0 Å². The Labute approximate surface area is 133 Å². The molecule has 1 saturated heterocycles. The van der Waals surface area contributed by atoms with Crippen molar-refractivity contribution in [3.8, 4) is 0 Å². The minimum atomic E-state index is -0.621. The van der Waals surface area contributed by atoms with Crippen LogP contribution in [0.4, 0.5) is 4.79 Å². The summed E-state index contributed by atoms with van der Waals surface area (Å²) in [4.78, 5) is 14.3. The first-order chi connectivity index (χ1) is 10.2. The van der Waals surface area contributed by atoms with Gasteiger partial charge in [0.1, 0.15) is 11.3 Å². The molecule has 0 aliphatic carbocycles. The van der Waals surface area contributed by atoms with Crippen LogP contribution < -0.4 is 0 Å². The van der Waals surface area contributed by atoms with Crippen molar-refractivity contribution in [3.05, 3.63) is 35.9 Å². The second-order valence-corrected chi connectivity index (χ2v) is 7.29. The second kappa shape index (κ2) is 6.29. The Bertz CT molecular complexity index is 505. The average molecular weight is 305 g/mol. The van der Waals surface area contributed by atoms with Crippen molar-refractivity contribution >= 4 is 6.09 Å². The van der Waals surface area contributed by atoms with Crippen LogP contribution in [0.1, 0.15) is 46.6 Å². The summed E-state index contributed by atoms with van der Waals surface area (Å²) < 4.78 is 11.4. The lowest BCUT2D eigenvalue weighted by Gasteiger charge is -2.35. The summed E-state index contributed by atoms with van der Waals surface area (Å²) in [6.07, 6.45) is 1.49. The zero-order valence-corrected chi connectivity index (χ0v) is 14.3. The smallest absolute Gasteiger partial charge is 0.412 e. The lowest BCUT2D eigenvalue weighted by molar-refractivity contribution is -0.0626. The van der Waals surface area contributed by atoms with E-state index in [4.69, 9.17) is 9.47 Å². The van der Waals surface area contributed by atoms with Gasteiger partial charge >= 0.3 is 6.09 Å². The van der Waals surface area contributed by atoms with Crippen LogP contribution in [0.3, 0.4) is 0 Å². The zero-order chi connectivity index (χ0) is 16.4. The molecule has 0 bridgehead atoms. The fraction of sp³-hybridized carbons (Fsp3) is 0.611. The molecule has 1 aliphatic rings. The highest BCUT2D eigenvalue weighted by Crippen LogP contribution is 2.31. The molecular formula is C18H27NO3. The van der Waals surface area contributed by atoms with E-state index in [1.54, 1.807) is 4.90 Å². The van der Waals surface area contributed by atoms with Crippen LogP contribution in [-0.4, -0.2) is 35.0 Å². The fourth-order valence-corrected chi connectivity index (χ4v) is 2.75. The Morgan fingerprint density at radius 1 is 1.32 bits per heavy atom. The summed E-state index contributed by atoms with van der Waals surface area (Å²) >= 11 is 0. The molecule has 0 saturated carbocycles. The molecule has 0 spiro atoms. The standard InChI is InChI=1S/C18H27NO3/c1-17(2,3)22-16(20)19-15(13-21-18(19,4)5)12-11-14-9-7-6-8-10-14/h6-10,15H,11-13H2,1-5H3/t15-/m0/s1. The lowest BCUT2D eigenvalue weighted by Crippen LogP contribution is -2.49. The molecule has 0 N–H and O–H groups in total. The third-order valence-electron chi connectivity index (χ3n) is 3.77. The van der Waals surface area contributed by atoms with Crippen molar-refractivity contribution in [1.29, 1.82) is 0 Å². The van der Waals surface area contributed by atoms with Gasteiger partial charge in [0.2, 0.25) is 0 Å². The number of amides is 1. The van der Waals surface area contributed by atoms with Gasteiger partial charge in [-0.25, -0.2) is 4.79 Å². The normalized spacial score (nSPS) is 21.0. The molecule has 4 nitrogen and oxygen atoms in total.